The lowest BCUT2D eigenvalue weighted by Gasteiger charge is -2.26. The first-order valence-corrected chi connectivity index (χ1v) is 7.07. The number of halogens is 3. The van der Waals surface area contributed by atoms with E-state index in [0.717, 1.165) is 24.3 Å². The van der Waals surface area contributed by atoms with Gasteiger partial charge < -0.3 is 10.0 Å². The van der Waals surface area contributed by atoms with Crippen LogP contribution in [0.3, 0.4) is 0 Å². The summed E-state index contributed by atoms with van der Waals surface area (Å²) in [6.07, 6.45) is -2.98. The minimum Gasteiger partial charge on any atom is -0.480 e. The summed E-state index contributed by atoms with van der Waals surface area (Å²) in [5, 5.41) is 8.57. The summed E-state index contributed by atoms with van der Waals surface area (Å²) in [5.41, 5.74) is 0. The van der Waals surface area contributed by atoms with Crippen LogP contribution in [0.15, 0.2) is 0 Å². The molecule has 0 bridgehead atoms. The van der Waals surface area contributed by atoms with E-state index in [1.165, 1.54) is 0 Å². The number of thioether (sulfide) groups is 1. The lowest BCUT2D eigenvalue weighted by Crippen LogP contribution is -2.42. The molecule has 0 aliphatic carbocycles. The maximum Gasteiger partial charge on any atom is 0.406 e. The largest absolute Gasteiger partial charge is 0.480 e. The minimum atomic E-state index is -4.58. The number of hydrogen-bond donors (Lipinski definition) is 1. The molecule has 1 rings (SSSR count). The molecule has 0 unspecified atom stereocenters. The van der Waals surface area contributed by atoms with Gasteiger partial charge in [0.05, 0.1) is 0 Å². The van der Waals surface area contributed by atoms with Crippen LogP contribution in [0.5, 0.6) is 0 Å². The van der Waals surface area contributed by atoms with Crippen LogP contribution in [0.4, 0.5) is 13.2 Å². The zero-order valence-electron chi connectivity index (χ0n) is 10.3. The van der Waals surface area contributed by atoms with Gasteiger partial charge in [-0.15, -0.1) is 0 Å². The van der Waals surface area contributed by atoms with E-state index in [4.69, 9.17) is 5.11 Å². The molecule has 1 N–H and O–H groups in total. The van der Waals surface area contributed by atoms with Crippen LogP contribution < -0.4 is 0 Å². The van der Waals surface area contributed by atoms with Gasteiger partial charge in [0.2, 0.25) is 5.91 Å². The van der Waals surface area contributed by atoms with Crippen LogP contribution in [0, 0.1) is 5.92 Å². The highest BCUT2D eigenvalue weighted by molar-refractivity contribution is 7.99. The number of nitrogens with zero attached hydrogens (tertiary/aromatic N) is 1. The number of carbonyl (C=O) groups excluding carboxylic acids is 1. The van der Waals surface area contributed by atoms with E-state index < -0.39 is 31.1 Å². The lowest BCUT2D eigenvalue weighted by atomic mass is 9.98. The monoisotopic (exact) mass is 299 g/mol. The predicted octanol–water partition coefficient (Wildman–Crippen LogP) is 2.00. The number of amides is 1. The van der Waals surface area contributed by atoms with Crippen LogP contribution in [0.1, 0.15) is 19.3 Å². The topological polar surface area (TPSA) is 57.6 Å². The van der Waals surface area contributed by atoms with Gasteiger partial charge in [-0.25, -0.2) is 0 Å². The Kier molecular flexibility index (Phi) is 5.96. The molecule has 1 aliphatic rings. The third kappa shape index (κ3) is 6.70. The third-order valence-electron chi connectivity index (χ3n) is 2.85. The summed E-state index contributed by atoms with van der Waals surface area (Å²) < 4.78 is 36.9. The molecule has 0 aromatic rings. The van der Waals surface area contributed by atoms with Crippen molar-refractivity contribution in [1.82, 2.24) is 4.90 Å². The quantitative estimate of drug-likeness (QED) is 0.843. The molecule has 4 nitrogen and oxygen atoms in total. The highest BCUT2D eigenvalue weighted by Crippen LogP contribution is 2.26. The Morgan fingerprint density at radius 1 is 1.26 bits per heavy atom. The Morgan fingerprint density at radius 3 is 2.32 bits per heavy atom. The van der Waals surface area contributed by atoms with E-state index in [9.17, 15) is 22.8 Å². The molecule has 1 aliphatic heterocycles. The fourth-order valence-electron chi connectivity index (χ4n) is 1.94. The maximum atomic E-state index is 12.3. The summed E-state index contributed by atoms with van der Waals surface area (Å²) in [7, 11) is 0. The summed E-state index contributed by atoms with van der Waals surface area (Å²) in [5.74, 6) is -0.293. The predicted molar refractivity (Wildman–Crippen MR) is 64.9 cm³/mol. The Hall–Kier alpha value is -0.920. The molecular formula is C11H16F3NO3S. The van der Waals surface area contributed by atoms with E-state index >= 15 is 0 Å². The van der Waals surface area contributed by atoms with Crippen molar-refractivity contribution < 1.29 is 27.9 Å². The van der Waals surface area contributed by atoms with Crippen molar-refractivity contribution in [3.8, 4) is 0 Å². The van der Waals surface area contributed by atoms with Gasteiger partial charge in [-0.05, 0) is 30.3 Å². The lowest BCUT2D eigenvalue weighted by molar-refractivity contribution is -0.166. The average Bonchev–Trinajstić information content (AvgIpc) is 2.27. The fourth-order valence-corrected chi connectivity index (χ4v) is 3.14. The molecule has 1 fully saturated rings. The summed E-state index contributed by atoms with van der Waals surface area (Å²) >= 11 is 1.76. The van der Waals surface area contributed by atoms with Crippen molar-refractivity contribution in [3.05, 3.63) is 0 Å². The van der Waals surface area contributed by atoms with Crippen LogP contribution in [0.2, 0.25) is 0 Å². The van der Waals surface area contributed by atoms with Crippen LogP contribution in [0.25, 0.3) is 0 Å². The molecule has 1 saturated heterocycles. The van der Waals surface area contributed by atoms with Crippen molar-refractivity contribution in [2.75, 3.05) is 24.6 Å². The van der Waals surface area contributed by atoms with Crippen molar-refractivity contribution in [1.29, 1.82) is 0 Å². The molecule has 0 spiro atoms. The minimum absolute atomic E-state index is 0.00389. The van der Waals surface area contributed by atoms with E-state index in [2.05, 4.69) is 0 Å². The Balaban J connectivity index is 2.56. The second-order valence-corrected chi connectivity index (χ2v) is 5.74. The smallest absolute Gasteiger partial charge is 0.406 e. The fraction of sp³-hybridized carbons (Fsp3) is 0.818. The van der Waals surface area contributed by atoms with Gasteiger partial charge in [-0.2, -0.15) is 24.9 Å². The standard InChI is InChI=1S/C11H16F3NO3S/c12-11(13,14)7-15(6-10(17)18)9(16)5-8-1-3-19-4-2-8/h8H,1-7H2,(H,17,18). The molecule has 8 heteroatoms. The van der Waals surface area contributed by atoms with Crippen molar-refractivity contribution in [2.45, 2.75) is 25.4 Å². The molecule has 19 heavy (non-hydrogen) atoms. The molecule has 0 aromatic heterocycles. The van der Waals surface area contributed by atoms with E-state index in [1.807, 2.05) is 0 Å². The summed E-state index contributed by atoms with van der Waals surface area (Å²) in [6.45, 7) is -2.40. The van der Waals surface area contributed by atoms with Gasteiger partial charge >= 0.3 is 12.1 Å². The van der Waals surface area contributed by atoms with Gasteiger partial charge in [-0.1, -0.05) is 0 Å². The molecule has 0 atom stereocenters. The first-order valence-electron chi connectivity index (χ1n) is 5.92. The molecule has 1 amide bonds. The van der Waals surface area contributed by atoms with Crippen LogP contribution >= 0.6 is 11.8 Å². The number of alkyl halides is 3. The number of carbonyl (C=O) groups is 2. The molecule has 1 heterocycles. The van der Waals surface area contributed by atoms with Crippen LogP contribution in [-0.2, 0) is 9.59 Å². The number of carboxylic acids is 1. The molecule has 0 saturated carbocycles. The summed E-state index contributed by atoms with van der Waals surface area (Å²) in [4.78, 5) is 22.7. The summed E-state index contributed by atoms with van der Waals surface area (Å²) in [6, 6.07) is 0. The highest BCUT2D eigenvalue weighted by atomic mass is 32.2. The van der Waals surface area contributed by atoms with Crippen molar-refractivity contribution in [3.63, 3.8) is 0 Å². The first-order chi connectivity index (χ1) is 8.78. The van der Waals surface area contributed by atoms with Crippen molar-refractivity contribution in [2.24, 2.45) is 5.92 Å². The average molecular weight is 299 g/mol. The Labute approximate surface area is 113 Å². The normalized spacial score (nSPS) is 17.2. The number of aliphatic carboxylic acids is 1. The van der Waals surface area contributed by atoms with Crippen LogP contribution in [-0.4, -0.2) is 52.7 Å². The highest BCUT2D eigenvalue weighted by Gasteiger charge is 2.34. The number of hydrogen-bond acceptors (Lipinski definition) is 3. The third-order valence-corrected chi connectivity index (χ3v) is 3.90. The van der Waals surface area contributed by atoms with Gasteiger partial charge in [0, 0.05) is 6.42 Å². The second-order valence-electron chi connectivity index (χ2n) is 4.52. The molecular weight excluding hydrogens is 283 g/mol. The molecule has 0 radical (unpaired) electrons. The Morgan fingerprint density at radius 2 is 1.84 bits per heavy atom. The van der Waals surface area contributed by atoms with Gasteiger partial charge in [0.1, 0.15) is 13.1 Å². The number of rotatable bonds is 5. The molecule has 110 valence electrons. The molecule has 0 aromatic carbocycles. The zero-order chi connectivity index (χ0) is 14.5. The zero-order valence-corrected chi connectivity index (χ0v) is 11.1. The van der Waals surface area contributed by atoms with Gasteiger partial charge in [-0.3, -0.25) is 9.59 Å². The second kappa shape index (κ2) is 7.02. The van der Waals surface area contributed by atoms with Gasteiger partial charge in [0.25, 0.3) is 0 Å². The SMILES string of the molecule is O=C(O)CN(CC(F)(F)F)C(=O)CC1CCSCC1. The van der Waals surface area contributed by atoms with E-state index in [-0.39, 0.29) is 12.3 Å². The first kappa shape index (κ1) is 16.1. The van der Waals surface area contributed by atoms with Gasteiger partial charge in [0.15, 0.2) is 0 Å². The number of carboxylic acid groups (broad SMARTS) is 1. The van der Waals surface area contributed by atoms with Crippen molar-refractivity contribution >= 4 is 23.6 Å². The maximum absolute atomic E-state index is 12.3. The van der Waals surface area contributed by atoms with E-state index in [1.54, 1.807) is 11.8 Å². The Bertz CT molecular complexity index is 330. The van der Waals surface area contributed by atoms with E-state index in [0.29, 0.717) is 4.90 Å².